The molecule has 0 heterocycles. The topological polar surface area (TPSA) is 46.6 Å². The van der Waals surface area contributed by atoms with E-state index in [0.717, 1.165) is 24.0 Å². The van der Waals surface area contributed by atoms with Gasteiger partial charge in [0.15, 0.2) is 0 Å². The smallest absolute Gasteiger partial charge is 0.243 e. The highest BCUT2D eigenvalue weighted by molar-refractivity contribution is 7.89. The van der Waals surface area contributed by atoms with Gasteiger partial charge in [-0.2, -0.15) is 4.31 Å². The van der Waals surface area contributed by atoms with Crippen molar-refractivity contribution in [1.82, 2.24) is 4.31 Å². The van der Waals surface area contributed by atoms with Crippen molar-refractivity contribution in [2.45, 2.75) is 37.6 Å². The summed E-state index contributed by atoms with van der Waals surface area (Å²) in [7, 11) is -0.139. The summed E-state index contributed by atoms with van der Waals surface area (Å²) in [5.74, 6) is 0.693. The number of rotatable bonds is 4. The van der Waals surface area contributed by atoms with Gasteiger partial charge in [0, 0.05) is 13.1 Å². The third kappa shape index (κ3) is 2.24. The van der Waals surface area contributed by atoms with E-state index in [-0.39, 0.29) is 6.04 Å². The first-order chi connectivity index (χ1) is 8.37. The van der Waals surface area contributed by atoms with Crippen molar-refractivity contribution < 1.29 is 13.2 Å². The molecule has 2 rings (SSSR count). The van der Waals surface area contributed by atoms with Crippen LogP contribution in [0.2, 0.25) is 0 Å². The minimum Gasteiger partial charge on any atom is -0.497 e. The molecule has 5 heteroatoms. The SMILES string of the molecule is COc1cc(C)c(S(=O)(=O)N(C)C2CC2)c(C)c1. The summed E-state index contributed by atoms with van der Waals surface area (Å²) in [5, 5.41) is 0. The highest BCUT2D eigenvalue weighted by atomic mass is 32.2. The second-order valence-electron chi connectivity index (χ2n) is 4.84. The summed E-state index contributed by atoms with van der Waals surface area (Å²) < 4.78 is 31.7. The van der Waals surface area contributed by atoms with Gasteiger partial charge < -0.3 is 4.74 Å². The molecule has 0 bridgehead atoms. The summed E-state index contributed by atoms with van der Waals surface area (Å²) in [6, 6.07) is 3.71. The fourth-order valence-corrected chi connectivity index (χ4v) is 4.04. The average Bonchev–Trinajstić information content (AvgIpc) is 3.10. The van der Waals surface area contributed by atoms with Crippen LogP contribution in [0.25, 0.3) is 0 Å². The molecule has 0 N–H and O–H groups in total. The van der Waals surface area contributed by atoms with E-state index in [4.69, 9.17) is 4.74 Å². The number of ether oxygens (including phenoxy) is 1. The first kappa shape index (κ1) is 13.4. The van der Waals surface area contributed by atoms with E-state index in [0.29, 0.717) is 10.6 Å². The predicted molar refractivity (Wildman–Crippen MR) is 70.4 cm³/mol. The second kappa shape index (κ2) is 4.55. The fraction of sp³-hybridized carbons (Fsp3) is 0.538. The second-order valence-corrected chi connectivity index (χ2v) is 6.78. The molecule has 1 fully saturated rings. The van der Waals surface area contributed by atoms with E-state index in [1.165, 1.54) is 4.31 Å². The Morgan fingerprint density at radius 1 is 1.22 bits per heavy atom. The molecule has 0 atom stereocenters. The summed E-state index contributed by atoms with van der Waals surface area (Å²) in [6.45, 7) is 3.62. The monoisotopic (exact) mass is 269 g/mol. The van der Waals surface area contributed by atoms with E-state index >= 15 is 0 Å². The standard InChI is InChI=1S/C13H19NO3S/c1-9-7-12(17-4)8-10(2)13(9)18(15,16)14(3)11-5-6-11/h7-8,11H,5-6H2,1-4H3. The Hall–Kier alpha value is -1.07. The van der Waals surface area contributed by atoms with Gasteiger partial charge in [-0.25, -0.2) is 8.42 Å². The van der Waals surface area contributed by atoms with Crippen LogP contribution < -0.4 is 4.74 Å². The van der Waals surface area contributed by atoms with Crippen molar-refractivity contribution >= 4 is 10.0 Å². The first-order valence-corrected chi connectivity index (χ1v) is 7.45. The van der Waals surface area contributed by atoms with Crippen molar-refractivity contribution in [1.29, 1.82) is 0 Å². The Morgan fingerprint density at radius 2 is 1.72 bits per heavy atom. The molecule has 18 heavy (non-hydrogen) atoms. The number of hydrogen-bond donors (Lipinski definition) is 0. The Kier molecular flexibility index (Phi) is 3.38. The maximum atomic E-state index is 12.5. The number of sulfonamides is 1. The number of nitrogens with zero attached hydrogens (tertiary/aromatic N) is 1. The molecule has 0 spiro atoms. The normalized spacial score (nSPS) is 16.1. The lowest BCUT2D eigenvalue weighted by molar-refractivity contribution is 0.413. The maximum absolute atomic E-state index is 12.5. The van der Waals surface area contributed by atoms with Crippen LogP contribution in [-0.4, -0.2) is 32.9 Å². The molecular formula is C13H19NO3S. The van der Waals surface area contributed by atoms with Gasteiger partial charge in [-0.05, 0) is 49.9 Å². The van der Waals surface area contributed by atoms with E-state index < -0.39 is 10.0 Å². The lowest BCUT2D eigenvalue weighted by Gasteiger charge is -2.20. The van der Waals surface area contributed by atoms with E-state index in [9.17, 15) is 8.42 Å². The van der Waals surface area contributed by atoms with Gasteiger partial charge in [0.05, 0.1) is 12.0 Å². The number of hydrogen-bond acceptors (Lipinski definition) is 3. The van der Waals surface area contributed by atoms with E-state index in [1.807, 2.05) is 13.8 Å². The van der Waals surface area contributed by atoms with Crippen molar-refractivity contribution in [3.05, 3.63) is 23.3 Å². The molecule has 0 amide bonds. The van der Waals surface area contributed by atoms with Gasteiger partial charge in [0.1, 0.15) is 5.75 Å². The van der Waals surface area contributed by atoms with Crippen LogP contribution in [0.1, 0.15) is 24.0 Å². The summed E-state index contributed by atoms with van der Waals surface area (Å²) in [4.78, 5) is 0.415. The lowest BCUT2D eigenvalue weighted by atomic mass is 10.1. The largest absolute Gasteiger partial charge is 0.497 e. The molecule has 100 valence electrons. The Balaban J connectivity index is 2.50. The number of aryl methyl sites for hydroxylation is 2. The van der Waals surface area contributed by atoms with Crippen LogP contribution in [0, 0.1) is 13.8 Å². The minimum atomic E-state index is -3.38. The highest BCUT2D eigenvalue weighted by Gasteiger charge is 2.36. The van der Waals surface area contributed by atoms with Gasteiger partial charge >= 0.3 is 0 Å². The van der Waals surface area contributed by atoms with Crippen LogP contribution in [0.15, 0.2) is 17.0 Å². The fourth-order valence-electron chi connectivity index (χ4n) is 2.21. The molecule has 1 aromatic rings. The quantitative estimate of drug-likeness (QED) is 0.841. The Labute approximate surface area is 109 Å². The van der Waals surface area contributed by atoms with Crippen LogP contribution in [-0.2, 0) is 10.0 Å². The van der Waals surface area contributed by atoms with Crippen molar-refractivity contribution in [3.8, 4) is 5.75 Å². The molecule has 0 saturated heterocycles. The van der Waals surface area contributed by atoms with Crippen molar-refractivity contribution in [2.24, 2.45) is 0 Å². The zero-order valence-corrected chi connectivity index (χ0v) is 12.0. The molecule has 1 saturated carbocycles. The van der Waals surface area contributed by atoms with Gasteiger partial charge in [-0.1, -0.05) is 0 Å². The first-order valence-electron chi connectivity index (χ1n) is 6.01. The van der Waals surface area contributed by atoms with Crippen LogP contribution >= 0.6 is 0 Å². The zero-order chi connectivity index (χ0) is 13.5. The maximum Gasteiger partial charge on any atom is 0.243 e. The van der Waals surface area contributed by atoms with E-state index in [2.05, 4.69) is 0 Å². The van der Waals surface area contributed by atoms with Crippen molar-refractivity contribution in [2.75, 3.05) is 14.2 Å². The van der Waals surface area contributed by atoms with Gasteiger partial charge in [-0.15, -0.1) is 0 Å². The molecule has 0 radical (unpaired) electrons. The van der Waals surface area contributed by atoms with Crippen LogP contribution in [0.5, 0.6) is 5.75 Å². The number of methoxy groups -OCH3 is 1. The average molecular weight is 269 g/mol. The molecule has 1 aromatic carbocycles. The molecule has 0 unspecified atom stereocenters. The molecule has 1 aliphatic rings. The molecule has 1 aliphatic carbocycles. The lowest BCUT2D eigenvalue weighted by Crippen LogP contribution is -2.30. The highest BCUT2D eigenvalue weighted by Crippen LogP contribution is 2.33. The van der Waals surface area contributed by atoms with Gasteiger partial charge in [0.25, 0.3) is 0 Å². The van der Waals surface area contributed by atoms with E-state index in [1.54, 1.807) is 26.3 Å². The van der Waals surface area contributed by atoms with Crippen LogP contribution in [0.4, 0.5) is 0 Å². The predicted octanol–water partition coefficient (Wildman–Crippen LogP) is 2.09. The zero-order valence-electron chi connectivity index (χ0n) is 11.2. The van der Waals surface area contributed by atoms with Crippen LogP contribution in [0.3, 0.4) is 0 Å². The molecule has 4 nitrogen and oxygen atoms in total. The third-order valence-electron chi connectivity index (χ3n) is 3.37. The van der Waals surface area contributed by atoms with Gasteiger partial charge in [0.2, 0.25) is 10.0 Å². The minimum absolute atomic E-state index is 0.177. The summed E-state index contributed by atoms with van der Waals surface area (Å²) in [6.07, 6.45) is 1.92. The number of benzene rings is 1. The van der Waals surface area contributed by atoms with Gasteiger partial charge in [-0.3, -0.25) is 0 Å². The molecule has 0 aromatic heterocycles. The molecular weight excluding hydrogens is 250 g/mol. The third-order valence-corrected chi connectivity index (χ3v) is 5.58. The Bertz CT molecular complexity index is 539. The summed E-state index contributed by atoms with van der Waals surface area (Å²) >= 11 is 0. The Morgan fingerprint density at radius 3 is 2.11 bits per heavy atom. The van der Waals surface area contributed by atoms with Crippen molar-refractivity contribution in [3.63, 3.8) is 0 Å². The summed E-state index contributed by atoms with van der Waals surface area (Å²) in [5.41, 5.74) is 1.47. The molecule has 0 aliphatic heterocycles.